The van der Waals surface area contributed by atoms with Crippen molar-refractivity contribution < 1.29 is 30.9 Å². The van der Waals surface area contributed by atoms with Crippen LogP contribution in [0.15, 0.2) is 83.8 Å². The Morgan fingerprint density at radius 3 is 2.21 bits per heavy atom. The van der Waals surface area contributed by atoms with Gasteiger partial charge < -0.3 is 16.0 Å². The molecular weight excluding hydrogens is 622 g/mol. The van der Waals surface area contributed by atoms with E-state index in [9.17, 15) is 30.9 Å². The van der Waals surface area contributed by atoms with Gasteiger partial charge in [0.15, 0.2) is 0 Å². The highest BCUT2D eigenvalue weighted by Crippen LogP contribution is 2.38. The number of carbonyl (C=O) groups excluding carboxylic acids is 1. The molecule has 0 unspecified atom stereocenters. The normalized spacial score (nSPS) is 11.9. The molecule has 0 bridgehead atoms. The minimum absolute atomic E-state index is 0. The maximum Gasteiger partial charge on any atom is 0.416 e. The predicted octanol–water partition coefficient (Wildman–Crippen LogP) is 8.10. The highest BCUT2D eigenvalue weighted by molar-refractivity contribution is 7.86. The average molecular weight is 643 g/mol. The van der Waals surface area contributed by atoms with Gasteiger partial charge in [0.1, 0.15) is 20.1 Å². The van der Waals surface area contributed by atoms with E-state index in [1.807, 2.05) is 18.2 Å². The summed E-state index contributed by atoms with van der Waals surface area (Å²) in [5.41, 5.74) is 2.47. The number of nitrogens with zero attached hydrogens (tertiary/aromatic N) is 2. The number of fused-ring (bicyclic) bond motifs is 2. The van der Waals surface area contributed by atoms with Crippen LogP contribution in [0.1, 0.15) is 21.5 Å². The van der Waals surface area contributed by atoms with Gasteiger partial charge in [-0.3, -0.25) is 4.79 Å². The maximum atomic E-state index is 13.0. The van der Waals surface area contributed by atoms with Crippen LogP contribution in [-0.2, 0) is 16.3 Å². The highest BCUT2D eigenvalue weighted by atomic mass is 32.2. The first-order valence-electron chi connectivity index (χ1n) is 12.2. The van der Waals surface area contributed by atoms with E-state index in [0.717, 1.165) is 44.8 Å². The zero-order valence-corrected chi connectivity index (χ0v) is 24.8. The lowest BCUT2D eigenvalue weighted by atomic mass is 10.1. The predicted molar refractivity (Wildman–Crippen MR) is 162 cm³/mol. The van der Waals surface area contributed by atoms with Crippen molar-refractivity contribution in [1.82, 2.24) is 16.1 Å². The number of carbonyl (C=O) groups is 1. The van der Waals surface area contributed by atoms with Crippen LogP contribution in [0.25, 0.3) is 41.6 Å². The summed E-state index contributed by atoms with van der Waals surface area (Å²) in [5.74, 6) is -0.661. The van der Waals surface area contributed by atoms with Gasteiger partial charge in [-0.05, 0) is 79.2 Å². The number of thiazole rings is 2. The van der Waals surface area contributed by atoms with Gasteiger partial charge in [-0.2, -0.15) is 13.2 Å². The summed E-state index contributed by atoms with van der Waals surface area (Å²) in [6, 6.07) is 19.8. The van der Waals surface area contributed by atoms with E-state index in [1.165, 1.54) is 23.5 Å². The zero-order chi connectivity index (χ0) is 29.8. The third kappa shape index (κ3) is 6.00. The fourth-order valence-electron chi connectivity index (χ4n) is 4.42. The first kappa shape index (κ1) is 30.3. The smallest absolute Gasteiger partial charge is 0.416 e. The Labute approximate surface area is 251 Å². The molecule has 0 atom stereocenters. The van der Waals surface area contributed by atoms with Gasteiger partial charge in [0.2, 0.25) is 0 Å². The second-order valence-corrected chi connectivity index (χ2v) is 12.7. The first-order chi connectivity index (χ1) is 19.9. The van der Waals surface area contributed by atoms with E-state index in [1.54, 1.807) is 43.3 Å². The topological polar surface area (TPSA) is 149 Å². The number of amides is 1. The Morgan fingerprint density at radius 2 is 1.51 bits per heavy atom. The Morgan fingerprint density at radius 1 is 0.860 bits per heavy atom. The van der Waals surface area contributed by atoms with E-state index >= 15 is 0 Å². The van der Waals surface area contributed by atoms with Crippen molar-refractivity contribution in [2.75, 3.05) is 5.32 Å². The molecule has 5 N–H and O–H groups in total. The van der Waals surface area contributed by atoms with Crippen molar-refractivity contribution in [2.24, 2.45) is 0 Å². The number of aromatic nitrogens is 2. The van der Waals surface area contributed by atoms with E-state index < -0.39 is 27.8 Å². The zero-order valence-electron chi connectivity index (χ0n) is 22.4. The minimum atomic E-state index is -4.67. The van der Waals surface area contributed by atoms with Crippen LogP contribution < -0.4 is 11.5 Å². The number of anilines is 1. The largest absolute Gasteiger partial charge is 0.744 e. The maximum absolute atomic E-state index is 13.0. The van der Waals surface area contributed by atoms with Crippen molar-refractivity contribution in [2.45, 2.75) is 18.0 Å². The molecule has 1 amide bonds. The fourth-order valence-corrected chi connectivity index (χ4v) is 7.71. The van der Waals surface area contributed by atoms with E-state index in [0.29, 0.717) is 31.5 Å². The molecule has 2 heterocycles. The second kappa shape index (κ2) is 11.1. The van der Waals surface area contributed by atoms with Gasteiger partial charge >= 0.3 is 6.18 Å². The molecule has 4 aromatic carbocycles. The van der Waals surface area contributed by atoms with Crippen molar-refractivity contribution in [3.05, 3.63) is 95.6 Å². The van der Waals surface area contributed by atoms with Crippen molar-refractivity contribution >= 4 is 64.8 Å². The van der Waals surface area contributed by atoms with Crippen molar-refractivity contribution in [1.29, 1.82) is 0 Å². The third-order valence-corrected chi connectivity index (χ3v) is 9.80. The van der Waals surface area contributed by atoms with Crippen molar-refractivity contribution in [3.63, 3.8) is 0 Å². The Kier molecular flexibility index (Phi) is 7.83. The standard InChI is InChI=1S/C29H18F3N3O4S3.H3N/c1-15-5-11-22-24(25(15)42(37,38)39)41-28(35-22)18-8-12-21-23(14-18)40-27(34-21)16-6-9-20(10-7-16)33-26(36)17-3-2-4-19(13-17)29(30,31)32;/h2-14H,1H3,(H,33,36)(H,37,38,39);1H3. The molecular formula is C29H21F3N4O4S3. The van der Waals surface area contributed by atoms with Crippen LogP contribution in [0.3, 0.4) is 0 Å². The number of benzene rings is 4. The average Bonchev–Trinajstić information content (AvgIpc) is 3.56. The monoisotopic (exact) mass is 642 g/mol. The van der Waals surface area contributed by atoms with Crippen LogP contribution >= 0.6 is 22.7 Å². The summed E-state index contributed by atoms with van der Waals surface area (Å²) >= 11 is 2.56. The second-order valence-electron chi connectivity index (χ2n) is 9.34. The van der Waals surface area contributed by atoms with E-state index in [2.05, 4.69) is 15.3 Å². The number of hydrogen-bond acceptors (Lipinski definition) is 8. The number of alkyl halides is 3. The van der Waals surface area contributed by atoms with Gasteiger partial charge in [0, 0.05) is 22.4 Å². The van der Waals surface area contributed by atoms with Crippen LogP contribution in [0, 0.1) is 6.92 Å². The van der Waals surface area contributed by atoms with Gasteiger partial charge in [0.25, 0.3) is 5.91 Å². The molecule has 2 aromatic heterocycles. The lowest BCUT2D eigenvalue weighted by Gasteiger charge is -2.10. The molecule has 43 heavy (non-hydrogen) atoms. The molecule has 0 saturated heterocycles. The lowest BCUT2D eigenvalue weighted by Crippen LogP contribution is -2.13. The van der Waals surface area contributed by atoms with E-state index in [-0.39, 0.29) is 16.6 Å². The van der Waals surface area contributed by atoms with Crippen LogP contribution in [0.4, 0.5) is 18.9 Å². The SMILES string of the molecule is Cc1ccc2nc(-c3ccc4nc(-c5ccc(NC(=O)c6cccc(C(F)(F)F)c6)cc5)sc4c3)sc2c1S(=O)(=O)[O-].[NH4+]. The first-order valence-corrected chi connectivity index (χ1v) is 15.3. The van der Waals surface area contributed by atoms with Crippen LogP contribution in [-0.4, -0.2) is 28.8 Å². The number of halogens is 3. The molecule has 6 rings (SSSR count). The summed E-state index contributed by atoms with van der Waals surface area (Å²) in [5, 5.41) is 3.88. The molecule has 0 radical (unpaired) electrons. The summed E-state index contributed by atoms with van der Waals surface area (Å²) in [6.07, 6.45) is -4.55. The van der Waals surface area contributed by atoms with E-state index in [4.69, 9.17) is 0 Å². The number of hydrogen-bond donors (Lipinski definition) is 2. The molecule has 0 saturated carbocycles. The van der Waals surface area contributed by atoms with Gasteiger partial charge in [0.05, 0.1) is 30.9 Å². The molecule has 0 spiro atoms. The molecule has 8 nitrogen and oxygen atoms in total. The van der Waals surface area contributed by atoms with Crippen LogP contribution in [0.5, 0.6) is 0 Å². The molecule has 6 aromatic rings. The number of aryl methyl sites for hydroxylation is 1. The van der Waals surface area contributed by atoms with Crippen LogP contribution in [0.2, 0.25) is 0 Å². The molecule has 0 aliphatic heterocycles. The number of rotatable bonds is 5. The quantitative estimate of drug-likeness (QED) is 0.182. The lowest BCUT2D eigenvalue weighted by molar-refractivity contribution is -0.137. The molecule has 0 fully saturated rings. The Balaban J connectivity index is 0.00000368. The summed E-state index contributed by atoms with van der Waals surface area (Å²) in [7, 11) is -4.67. The van der Waals surface area contributed by atoms with Gasteiger partial charge in [-0.1, -0.05) is 12.1 Å². The van der Waals surface area contributed by atoms with Crippen molar-refractivity contribution in [3.8, 4) is 21.1 Å². The number of quaternary nitrogens is 1. The highest BCUT2D eigenvalue weighted by Gasteiger charge is 2.31. The molecule has 0 aliphatic rings. The molecule has 220 valence electrons. The Hall–Kier alpha value is -4.21. The summed E-state index contributed by atoms with van der Waals surface area (Å²) in [6.45, 7) is 1.57. The molecule has 0 aliphatic carbocycles. The third-order valence-electron chi connectivity index (χ3n) is 6.44. The summed E-state index contributed by atoms with van der Waals surface area (Å²) < 4.78 is 75.8. The Bertz CT molecular complexity index is 2120. The minimum Gasteiger partial charge on any atom is -0.744 e. The number of nitrogens with one attached hydrogen (secondary N) is 1. The van der Waals surface area contributed by atoms with Gasteiger partial charge in [-0.25, -0.2) is 18.4 Å². The summed E-state index contributed by atoms with van der Waals surface area (Å²) in [4.78, 5) is 21.5. The van der Waals surface area contributed by atoms with Gasteiger partial charge in [-0.15, -0.1) is 22.7 Å². The fraction of sp³-hybridized carbons (Fsp3) is 0.0690. The molecule has 14 heteroatoms.